The molecule has 4 heteroatoms. The zero-order valence-electron chi connectivity index (χ0n) is 7.00. The van der Waals surface area contributed by atoms with E-state index in [1.54, 1.807) is 0 Å². The molecule has 0 radical (unpaired) electrons. The quantitative estimate of drug-likeness (QED) is 0.381. The van der Waals surface area contributed by atoms with Crippen LogP contribution >= 0.6 is 23.2 Å². The van der Waals surface area contributed by atoms with Gasteiger partial charge in [0.05, 0.1) is 13.1 Å². The van der Waals surface area contributed by atoms with Gasteiger partial charge >= 0.3 is 0 Å². The molecular formula is C8H14Cl2N2. The van der Waals surface area contributed by atoms with Crippen molar-refractivity contribution in [3.05, 3.63) is 0 Å². The van der Waals surface area contributed by atoms with Gasteiger partial charge in [0.25, 0.3) is 0 Å². The van der Waals surface area contributed by atoms with Gasteiger partial charge in [0, 0.05) is 24.8 Å². The standard InChI is InChI=1S/C8H14Cl2N2/c9-3-7-11-5-1-2-6-12-8-4-10/h11-12H,3-8H2. The van der Waals surface area contributed by atoms with Crippen molar-refractivity contribution in [1.29, 1.82) is 0 Å². The molecule has 0 fully saturated rings. The lowest BCUT2D eigenvalue weighted by molar-refractivity contribution is 0.804. The molecule has 0 bridgehead atoms. The van der Waals surface area contributed by atoms with Gasteiger partial charge in [-0.3, -0.25) is 0 Å². The van der Waals surface area contributed by atoms with Crippen LogP contribution in [0.4, 0.5) is 0 Å². The fraction of sp³-hybridized carbons (Fsp3) is 0.750. The van der Waals surface area contributed by atoms with Gasteiger partial charge in [-0.1, -0.05) is 11.8 Å². The first-order chi connectivity index (χ1) is 5.91. The van der Waals surface area contributed by atoms with E-state index in [1.807, 2.05) is 0 Å². The Kier molecular flexibility index (Phi) is 11.1. The van der Waals surface area contributed by atoms with Gasteiger partial charge in [0.1, 0.15) is 0 Å². The molecule has 0 rings (SSSR count). The second kappa shape index (κ2) is 11.1. The molecule has 0 aliphatic rings. The molecule has 0 unspecified atom stereocenters. The molecule has 0 aromatic rings. The Hall–Kier alpha value is 0.0600. The summed E-state index contributed by atoms with van der Waals surface area (Å²) in [5.74, 6) is 7.17. The summed E-state index contributed by atoms with van der Waals surface area (Å²) < 4.78 is 0. The van der Waals surface area contributed by atoms with E-state index in [-0.39, 0.29) is 0 Å². The van der Waals surface area contributed by atoms with Crippen molar-refractivity contribution in [2.24, 2.45) is 0 Å². The molecule has 0 atom stereocenters. The summed E-state index contributed by atoms with van der Waals surface area (Å²) in [6.07, 6.45) is 0. The predicted octanol–water partition coefficient (Wildman–Crippen LogP) is 0.647. The van der Waals surface area contributed by atoms with Crippen LogP contribution in [0.15, 0.2) is 0 Å². The number of hydrogen-bond acceptors (Lipinski definition) is 2. The van der Waals surface area contributed by atoms with Crippen molar-refractivity contribution in [2.45, 2.75) is 0 Å². The van der Waals surface area contributed by atoms with Gasteiger partial charge in [0.2, 0.25) is 0 Å². The normalized spacial score (nSPS) is 9.17. The van der Waals surface area contributed by atoms with Crippen LogP contribution in [-0.4, -0.2) is 37.9 Å². The minimum atomic E-state index is 0.631. The van der Waals surface area contributed by atoms with Gasteiger partial charge in [-0.05, 0) is 0 Å². The van der Waals surface area contributed by atoms with Crippen LogP contribution < -0.4 is 10.6 Å². The molecule has 70 valence electrons. The lowest BCUT2D eigenvalue weighted by atomic mass is 10.5. The number of nitrogens with one attached hydrogen (secondary N) is 2. The molecular weight excluding hydrogens is 195 g/mol. The summed E-state index contributed by atoms with van der Waals surface area (Å²) in [5.41, 5.74) is 0. The number of halogens is 2. The average molecular weight is 209 g/mol. The maximum atomic E-state index is 5.45. The molecule has 0 aromatic carbocycles. The van der Waals surface area contributed by atoms with Crippen molar-refractivity contribution >= 4 is 23.2 Å². The molecule has 2 N–H and O–H groups in total. The van der Waals surface area contributed by atoms with Crippen molar-refractivity contribution < 1.29 is 0 Å². The summed E-state index contributed by atoms with van der Waals surface area (Å²) in [5, 5.41) is 6.13. The third kappa shape index (κ3) is 10.1. The highest BCUT2D eigenvalue weighted by atomic mass is 35.5. The highest BCUT2D eigenvalue weighted by Gasteiger charge is 1.79. The predicted molar refractivity (Wildman–Crippen MR) is 55.0 cm³/mol. The van der Waals surface area contributed by atoms with Crippen LogP contribution in [-0.2, 0) is 0 Å². The third-order valence-corrected chi connectivity index (χ3v) is 1.47. The van der Waals surface area contributed by atoms with Crippen molar-refractivity contribution in [3.8, 4) is 11.8 Å². The van der Waals surface area contributed by atoms with E-state index >= 15 is 0 Å². The molecule has 12 heavy (non-hydrogen) atoms. The van der Waals surface area contributed by atoms with Gasteiger partial charge in [0.15, 0.2) is 0 Å². The van der Waals surface area contributed by atoms with Crippen molar-refractivity contribution in [2.75, 3.05) is 37.9 Å². The van der Waals surface area contributed by atoms with Gasteiger partial charge in [-0.2, -0.15) is 0 Å². The fourth-order valence-electron chi connectivity index (χ4n) is 0.560. The van der Waals surface area contributed by atoms with Gasteiger partial charge < -0.3 is 10.6 Å². The molecule has 0 saturated carbocycles. The molecule has 0 heterocycles. The summed E-state index contributed by atoms with van der Waals surface area (Å²) in [4.78, 5) is 0. The minimum absolute atomic E-state index is 0.631. The highest BCUT2D eigenvalue weighted by Crippen LogP contribution is 1.69. The maximum Gasteiger partial charge on any atom is 0.0577 e. The van der Waals surface area contributed by atoms with Crippen LogP contribution in [0.3, 0.4) is 0 Å². The molecule has 0 spiro atoms. The summed E-state index contributed by atoms with van der Waals surface area (Å²) in [7, 11) is 0. The molecule has 0 amide bonds. The van der Waals surface area contributed by atoms with E-state index in [0.717, 1.165) is 13.1 Å². The number of rotatable bonds is 6. The second-order valence-electron chi connectivity index (χ2n) is 2.09. The van der Waals surface area contributed by atoms with Crippen molar-refractivity contribution in [3.63, 3.8) is 0 Å². The number of alkyl halides is 2. The Balaban J connectivity index is 3.01. The highest BCUT2D eigenvalue weighted by molar-refractivity contribution is 6.18. The van der Waals surface area contributed by atoms with Crippen LogP contribution in [0.5, 0.6) is 0 Å². The lowest BCUT2D eigenvalue weighted by Crippen LogP contribution is -2.18. The maximum absolute atomic E-state index is 5.45. The Labute approximate surface area is 84.0 Å². The topological polar surface area (TPSA) is 24.1 Å². The van der Waals surface area contributed by atoms with Gasteiger partial charge in [-0.15, -0.1) is 23.2 Å². The van der Waals surface area contributed by atoms with Crippen LogP contribution in [0, 0.1) is 11.8 Å². The van der Waals surface area contributed by atoms with E-state index in [4.69, 9.17) is 23.2 Å². The lowest BCUT2D eigenvalue weighted by Gasteiger charge is -1.94. The van der Waals surface area contributed by atoms with Gasteiger partial charge in [-0.25, -0.2) is 0 Å². The average Bonchev–Trinajstić information content (AvgIpc) is 2.10. The summed E-state index contributed by atoms with van der Waals surface area (Å²) >= 11 is 10.9. The van der Waals surface area contributed by atoms with Crippen LogP contribution in [0.25, 0.3) is 0 Å². The molecule has 0 saturated heterocycles. The van der Waals surface area contributed by atoms with E-state index in [1.165, 1.54) is 0 Å². The Morgan fingerprint density at radius 1 is 0.833 bits per heavy atom. The Morgan fingerprint density at radius 2 is 1.25 bits per heavy atom. The Bertz CT molecular complexity index is 126. The van der Waals surface area contributed by atoms with E-state index < -0.39 is 0 Å². The SMILES string of the molecule is ClCCNCC#CCNCCCl. The zero-order chi connectivity index (χ0) is 9.07. The summed E-state index contributed by atoms with van der Waals surface area (Å²) in [6.45, 7) is 3.03. The van der Waals surface area contributed by atoms with Crippen LogP contribution in [0.1, 0.15) is 0 Å². The Morgan fingerprint density at radius 3 is 1.58 bits per heavy atom. The van der Waals surface area contributed by atoms with E-state index in [2.05, 4.69) is 22.5 Å². The number of hydrogen-bond donors (Lipinski definition) is 2. The molecule has 0 aliphatic heterocycles. The minimum Gasteiger partial charge on any atom is -0.305 e. The zero-order valence-corrected chi connectivity index (χ0v) is 8.51. The first-order valence-electron chi connectivity index (χ1n) is 3.91. The molecule has 0 aromatic heterocycles. The van der Waals surface area contributed by atoms with Crippen LogP contribution in [0.2, 0.25) is 0 Å². The largest absolute Gasteiger partial charge is 0.305 e. The molecule has 0 aliphatic carbocycles. The van der Waals surface area contributed by atoms with Crippen molar-refractivity contribution in [1.82, 2.24) is 10.6 Å². The smallest absolute Gasteiger partial charge is 0.0577 e. The summed E-state index contributed by atoms with van der Waals surface area (Å²) in [6, 6.07) is 0. The third-order valence-electron chi connectivity index (χ3n) is 1.09. The molecule has 2 nitrogen and oxygen atoms in total. The first-order valence-corrected chi connectivity index (χ1v) is 4.97. The van der Waals surface area contributed by atoms with E-state index in [0.29, 0.717) is 24.8 Å². The monoisotopic (exact) mass is 208 g/mol. The fourth-order valence-corrected chi connectivity index (χ4v) is 0.828. The second-order valence-corrected chi connectivity index (χ2v) is 2.84. The first kappa shape index (κ1) is 12.1. The van der Waals surface area contributed by atoms with E-state index in [9.17, 15) is 0 Å².